The van der Waals surface area contributed by atoms with Crippen molar-refractivity contribution in [1.82, 2.24) is 24.8 Å². The number of carboxylic acids is 1. The predicted octanol–water partition coefficient (Wildman–Crippen LogP) is 2.93. The van der Waals surface area contributed by atoms with E-state index < -0.39 is 12.1 Å². The Labute approximate surface area is 173 Å². The van der Waals surface area contributed by atoms with E-state index in [9.17, 15) is 13.2 Å². The minimum Gasteiger partial charge on any atom is -0.475 e. The predicted molar refractivity (Wildman–Crippen MR) is 105 cm³/mol. The number of hydrogen-bond acceptors (Lipinski definition) is 7. The summed E-state index contributed by atoms with van der Waals surface area (Å²) in [5.74, 6) is -0.0244. The van der Waals surface area contributed by atoms with Gasteiger partial charge in [-0.1, -0.05) is 6.07 Å². The van der Waals surface area contributed by atoms with Crippen LogP contribution in [0.5, 0.6) is 0 Å². The molecule has 0 aromatic carbocycles. The Morgan fingerprint density at radius 1 is 1.40 bits per heavy atom. The van der Waals surface area contributed by atoms with Crippen LogP contribution in [-0.4, -0.2) is 49.4 Å². The number of carbonyl (C=O) groups is 1. The molecule has 160 valence electrons. The number of nitrogens with one attached hydrogen (secondary N) is 2. The van der Waals surface area contributed by atoms with Crippen LogP contribution in [0.1, 0.15) is 11.5 Å². The number of aryl methyl sites for hydroxylation is 1. The molecule has 8 nitrogen and oxygen atoms in total. The fraction of sp³-hybridized carbons (Fsp3) is 0.333. The van der Waals surface area contributed by atoms with Crippen LogP contribution < -0.4 is 10.6 Å². The van der Waals surface area contributed by atoms with E-state index in [2.05, 4.69) is 30.2 Å². The smallest absolute Gasteiger partial charge is 0.475 e. The van der Waals surface area contributed by atoms with Crippen molar-refractivity contribution in [2.24, 2.45) is 0 Å². The van der Waals surface area contributed by atoms with Gasteiger partial charge in [0, 0.05) is 37.2 Å². The second-order valence-corrected chi connectivity index (χ2v) is 7.41. The van der Waals surface area contributed by atoms with Crippen molar-refractivity contribution in [3.05, 3.63) is 47.5 Å². The summed E-state index contributed by atoms with van der Waals surface area (Å²) in [6, 6.07) is 6.33. The summed E-state index contributed by atoms with van der Waals surface area (Å²) < 4.78 is 33.9. The van der Waals surface area contributed by atoms with Crippen molar-refractivity contribution in [1.29, 1.82) is 0 Å². The average Bonchev–Trinajstić information content (AvgIpc) is 3.31. The number of halogens is 3. The van der Waals surface area contributed by atoms with E-state index in [0.717, 1.165) is 47.7 Å². The topological polar surface area (TPSA) is 105 Å². The van der Waals surface area contributed by atoms with Gasteiger partial charge >= 0.3 is 12.1 Å². The molecule has 1 aliphatic rings. The molecular weight excluding hydrogens is 421 g/mol. The molecule has 1 atom stereocenters. The zero-order valence-electron chi connectivity index (χ0n) is 15.8. The molecule has 12 heteroatoms. The number of thiophene rings is 1. The molecule has 30 heavy (non-hydrogen) atoms. The van der Waals surface area contributed by atoms with Crippen LogP contribution in [0.3, 0.4) is 0 Å². The van der Waals surface area contributed by atoms with Gasteiger partial charge in [0.25, 0.3) is 0 Å². The summed E-state index contributed by atoms with van der Waals surface area (Å²) in [6.07, 6.45) is -1.21. The molecule has 3 aromatic rings. The summed E-state index contributed by atoms with van der Waals surface area (Å²) in [4.78, 5) is 23.6. The third-order valence-corrected chi connectivity index (χ3v) is 4.95. The fourth-order valence-corrected chi connectivity index (χ4v) is 3.46. The molecule has 4 heterocycles. The van der Waals surface area contributed by atoms with Gasteiger partial charge in [-0.3, -0.25) is 0 Å². The van der Waals surface area contributed by atoms with Gasteiger partial charge in [0.05, 0.1) is 17.5 Å². The fourth-order valence-electron chi connectivity index (χ4n) is 2.80. The first kappa shape index (κ1) is 21.7. The molecule has 0 amide bonds. The van der Waals surface area contributed by atoms with Gasteiger partial charge in [-0.25, -0.2) is 19.7 Å². The minimum atomic E-state index is -5.08. The maximum Gasteiger partial charge on any atom is 0.490 e. The van der Waals surface area contributed by atoms with Gasteiger partial charge in [-0.05, 0) is 18.4 Å². The molecular formula is C18H19F3N6O2S. The highest BCUT2D eigenvalue weighted by molar-refractivity contribution is 7.13. The molecule has 0 spiro atoms. The van der Waals surface area contributed by atoms with E-state index in [1.165, 1.54) is 0 Å². The van der Waals surface area contributed by atoms with Gasteiger partial charge in [0.1, 0.15) is 11.6 Å². The van der Waals surface area contributed by atoms with Crippen molar-refractivity contribution in [3.8, 4) is 10.7 Å². The summed E-state index contributed by atoms with van der Waals surface area (Å²) in [5.41, 5.74) is 0.968. The van der Waals surface area contributed by atoms with Crippen LogP contribution >= 0.6 is 11.3 Å². The number of hydrogen-bond donors (Lipinski definition) is 3. The monoisotopic (exact) mass is 440 g/mol. The number of nitrogens with zero attached hydrogens (tertiary/aromatic N) is 4. The molecule has 1 unspecified atom stereocenters. The van der Waals surface area contributed by atoms with Crippen molar-refractivity contribution < 1.29 is 23.1 Å². The second kappa shape index (κ2) is 9.22. The molecule has 0 aliphatic carbocycles. The van der Waals surface area contributed by atoms with E-state index in [1.807, 2.05) is 42.9 Å². The Balaban J connectivity index is 0.000000318. The van der Waals surface area contributed by atoms with Crippen LogP contribution in [0, 0.1) is 6.92 Å². The Hall–Kier alpha value is -2.99. The van der Waals surface area contributed by atoms with E-state index in [1.54, 1.807) is 11.3 Å². The average molecular weight is 440 g/mol. The van der Waals surface area contributed by atoms with Crippen LogP contribution in [-0.2, 0) is 17.9 Å². The Kier molecular flexibility index (Phi) is 6.67. The molecule has 4 rings (SSSR count). The Bertz CT molecular complexity index is 990. The zero-order chi connectivity index (χ0) is 21.7. The second-order valence-electron chi connectivity index (χ2n) is 6.47. The summed E-state index contributed by atoms with van der Waals surface area (Å²) in [6.45, 7) is 4.55. The third-order valence-electron chi connectivity index (χ3n) is 4.08. The lowest BCUT2D eigenvalue weighted by Crippen LogP contribution is -2.33. The Morgan fingerprint density at radius 3 is 2.83 bits per heavy atom. The summed E-state index contributed by atoms with van der Waals surface area (Å²) >= 11 is 1.66. The molecule has 0 bridgehead atoms. The van der Waals surface area contributed by atoms with Crippen LogP contribution in [0.2, 0.25) is 0 Å². The van der Waals surface area contributed by atoms with Gasteiger partial charge in [0.2, 0.25) is 0 Å². The number of fused-ring (bicyclic) bond motifs is 1. The van der Waals surface area contributed by atoms with Crippen LogP contribution in [0.25, 0.3) is 10.7 Å². The number of imidazole rings is 1. The van der Waals surface area contributed by atoms with Gasteiger partial charge < -0.3 is 20.3 Å². The van der Waals surface area contributed by atoms with Crippen LogP contribution in [0.15, 0.2) is 36.0 Å². The molecule has 0 radical (unpaired) electrons. The molecule has 1 aliphatic heterocycles. The standard InChI is InChI=1S/C16H18N6S.C2HF3O2/c1-11-7-14(21-16(19-11)13-3-2-6-23-13)20-12-8-17-9-15-18-4-5-22(15)10-12;3-2(4,5)1(6)7/h2-7,12,17H,8-10H2,1H3,(H,19,20,21);(H,6,7). The largest absolute Gasteiger partial charge is 0.490 e. The number of anilines is 1. The van der Waals surface area contributed by atoms with Crippen molar-refractivity contribution in [2.45, 2.75) is 32.2 Å². The minimum absolute atomic E-state index is 0.260. The quantitative estimate of drug-likeness (QED) is 0.575. The highest BCUT2D eigenvalue weighted by Gasteiger charge is 2.38. The summed E-state index contributed by atoms with van der Waals surface area (Å²) in [5, 5.41) is 16.1. The lowest BCUT2D eigenvalue weighted by atomic mass is 10.2. The van der Waals surface area contributed by atoms with E-state index in [-0.39, 0.29) is 6.04 Å². The molecule has 0 fully saturated rings. The maximum absolute atomic E-state index is 10.6. The SMILES string of the molecule is Cc1cc(NC2CNCc3nccn3C2)nc(-c2cccs2)n1.O=C(O)C(F)(F)F. The lowest BCUT2D eigenvalue weighted by molar-refractivity contribution is -0.192. The molecule has 0 saturated carbocycles. The first-order chi connectivity index (χ1) is 14.2. The number of aliphatic carboxylic acids is 1. The van der Waals surface area contributed by atoms with Gasteiger partial charge in [-0.15, -0.1) is 11.3 Å². The third kappa shape index (κ3) is 5.76. The molecule has 3 N–H and O–H groups in total. The zero-order valence-corrected chi connectivity index (χ0v) is 16.7. The molecule has 3 aromatic heterocycles. The lowest BCUT2D eigenvalue weighted by Gasteiger charge is -2.18. The number of rotatable bonds is 3. The maximum atomic E-state index is 10.6. The highest BCUT2D eigenvalue weighted by atomic mass is 32.1. The Morgan fingerprint density at radius 2 is 2.17 bits per heavy atom. The number of alkyl halides is 3. The highest BCUT2D eigenvalue weighted by Crippen LogP contribution is 2.23. The summed E-state index contributed by atoms with van der Waals surface area (Å²) in [7, 11) is 0. The van der Waals surface area contributed by atoms with Crippen molar-refractivity contribution in [2.75, 3.05) is 11.9 Å². The first-order valence-electron chi connectivity index (χ1n) is 8.89. The molecule has 0 saturated heterocycles. The van der Waals surface area contributed by atoms with Crippen molar-refractivity contribution in [3.63, 3.8) is 0 Å². The first-order valence-corrected chi connectivity index (χ1v) is 9.77. The van der Waals surface area contributed by atoms with Gasteiger partial charge in [0.15, 0.2) is 5.82 Å². The number of aromatic nitrogens is 4. The van der Waals surface area contributed by atoms with Crippen LogP contribution in [0.4, 0.5) is 19.0 Å². The normalized spacial score (nSPS) is 16.1. The van der Waals surface area contributed by atoms with Crippen molar-refractivity contribution >= 4 is 23.1 Å². The number of carboxylic acid groups (broad SMARTS) is 1. The van der Waals surface area contributed by atoms with E-state index >= 15 is 0 Å². The van der Waals surface area contributed by atoms with E-state index in [0.29, 0.717) is 0 Å². The van der Waals surface area contributed by atoms with Gasteiger partial charge in [-0.2, -0.15) is 13.2 Å². The van der Waals surface area contributed by atoms with E-state index in [4.69, 9.17) is 9.90 Å².